The molecule has 3 amide bonds. The van der Waals surface area contributed by atoms with Gasteiger partial charge in [-0.3, -0.25) is 19.2 Å². The molecule has 0 spiro atoms. The van der Waals surface area contributed by atoms with E-state index in [1.54, 1.807) is 0 Å². The molecule has 1 aliphatic heterocycles. The normalized spacial score (nSPS) is 18.5. The number of carbonyl (C=O) groups is 5. The summed E-state index contributed by atoms with van der Waals surface area (Å²) in [7, 11) is 0. The van der Waals surface area contributed by atoms with E-state index in [-0.39, 0.29) is 38.0 Å². The van der Waals surface area contributed by atoms with Crippen LogP contribution in [0.5, 0.6) is 5.75 Å². The number of carbonyl (C=O) groups excluding carboxylic acids is 3. The zero-order valence-corrected chi connectivity index (χ0v) is 19.8. The molecule has 0 aromatic heterocycles. The molecule has 1 fully saturated rings. The average molecular weight is 509 g/mol. The summed E-state index contributed by atoms with van der Waals surface area (Å²) in [4.78, 5) is 62.1. The highest BCUT2D eigenvalue weighted by atomic mass is 16.4. The lowest BCUT2D eigenvalue weighted by Gasteiger charge is -2.31. The van der Waals surface area contributed by atoms with Crippen molar-refractivity contribution in [3.63, 3.8) is 0 Å². The Labute approximate surface area is 207 Å². The minimum Gasteiger partial charge on any atom is -0.508 e. The predicted octanol–water partition coefficient (Wildman–Crippen LogP) is -1.45. The molecule has 0 radical (unpaired) electrons. The molecule has 1 aromatic carbocycles. The van der Waals surface area contributed by atoms with Crippen molar-refractivity contribution in [2.24, 2.45) is 5.73 Å². The zero-order chi connectivity index (χ0) is 27.0. The Kier molecular flexibility index (Phi) is 10.2. The highest BCUT2D eigenvalue weighted by Gasteiger charge is 2.40. The second-order valence-electron chi connectivity index (χ2n) is 8.73. The molecule has 0 aliphatic carbocycles. The number of phenolic OH excluding ortho intramolecular Hbond substituents is 1. The number of aliphatic hydroxyl groups excluding tert-OH is 1. The number of hydrogen-bond donors (Lipinski definition) is 7. The first-order chi connectivity index (χ1) is 16.9. The maximum absolute atomic E-state index is 13.2. The van der Waals surface area contributed by atoms with E-state index in [4.69, 9.17) is 10.8 Å². The Balaban J connectivity index is 2.08. The Hall–Kier alpha value is -3.71. The number of rotatable bonds is 12. The molecule has 1 aromatic rings. The van der Waals surface area contributed by atoms with Crippen molar-refractivity contribution >= 4 is 29.7 Å². The summed E-state index contributed by atoms with van der Waals surface area (Å²) >= 11 is 0. The third kappa shape index (κ3) is 7.92. The minimum atomic E-state index is -1.44. The lowest BCUT2D eigenvalue weighted by Crippen LogP contribution is -2.59. The van der Waals surface area contributed by atoms with Crippen LogP contribution < -0.4 is 16.4 Å². The Morgan fingerprint density at radius 2 is 1.75 bits per heavy atom. The van der Waals surface area contributed by atoms with Crippen LogP contribution >= 0.6 is 0 Å². The van der Waals surface area contributed by atoms with Gasteiger partial charge in [-0.2, -0.15) is 0 Å². The van der Waals surface area contributed by atoms with Gasteiger partial charge in [0.05, 0.1) is 12.1 Å². The van der Waals surface area contributed by atoms with Gasteiger partial charge in [0.15, 0.2) is 0 Å². The molecule has 8 N–H and O–H groups in total. The summed E-state index contributed by atoms with van der Waals surface area (Å²) < 4.78 is 0. The molecule has 198 valence electrons. The Morgan fingerprint density at radius 1 is 1.11 bits per heavy atom. The van der Waals surface area contributed by atoms with Crippen LogP contribution in [-0.4, -0.2) is 91.8 Å². The minimum absolute atomic E-state index is 0.0115. The smallest absolute Gasteiger partial charge is 0.326 e. The first-order valence-electron chi connectivity index (χ1n) is 11.5. The zero-order valence-electron chi connectivity index (χ0n) is 19.8. The number of carboxylic acid groups (broad SMARTS) is 2. The van der Waals surface area contributed by atoms with Gasteiger partial charge >= 0.3 is 11.9 Å². The van der Waals surface area contributed by atoms with Crippen LogP contribution in [0.25, 0.3) is 0 Å². The Bertz CT molecular complexity index is 967. The van der Waals surface area contributed by atoms with E-state index in [2.05, 4.69) is 10.6 Å². The number of nitrogens with one attached hydrogen (secondary N) is 2. The lowest BCUT2D eigenvalue weighted by molar-refractivity contribution is -0.146. The molecule has 1 saturated heterocycles. The third-order valence-corrected chi connectivity index (χ3v) is 5.88. The summed E-state index contributed by atoms with van der Waals surface area (Å²) in [6.45, 7) is 1.42. The van der Waals surface area contributed by atoms with E-state index in [0.29, 0.717) is 12.0 Å². The van der Waals surface area contributed by atoms with Crippen molar-refractivity contribution < 1.29 is 44.4 Å². The van der Waals surface area contributed by atoms with Crippen LogP contribution in [0.15, 0.2) is 24.3 Å². The largest absolute Gasteiger partial charge is 0.508 e. The molecule has 13 heteroatoms. The quantitative estimate of drug-likeness (QED) is 0.174. The highest BCUT2D eigenvalue weighted by molar-refractivity contribution is 5.95. The van der Waals surface area contributed by atoms with E-state index in [1.807, 2.05) is 0 Å². The summed E-state index contributed by atoms with van der Waals surface area (Å²) in [5.74, 6) is -4.67. The number of carboxylic acids is 2. The SMILES string of the molecule is CC(O)C(NC(=O)C(N)CCC(=O)O)C(=O)N1CCCC1C(=O)NC(Cc1ccc(O)cc1)C(=O)O. The number of benzene rings is 1. The van der Waals surface area contributed by atoms with Crippen molar-refractivity contribution in [1.29, 1.82) is 0 Å². The number of aliphatic carboxylic acids is 2. The first-order valence-corrected chi connectivity index (χ1v) is 11.5. The molecule has 1 aliphatic rings. The first kappa shape index (κ1) is 28.5. The van der Waals surface area contributed by atoms with E-state index in [1.165, 1.54) is 36.1 Å². The molecule has 5 atom stereocenters. The lowest BCUT2D eigenvalue weighted by atomic mass is 10.0. The van der Waals surface area contributed by atoms with Gasteiger partial charge < -0.3 is 41.7 Å². The van der Waals surface area contributed by atoms with Gasteiger partial charge in [0.1, 0.15) is 23.9 Å². The summed E-state index contributed by atoms with van der Waals surface area (Å²) in [6, 6.07) is 0.881. The highest BCUT2D eigenvalue weighted by Crippen LogP contribution is 2.20. The van der Waals surface area contributed by atoms with Gasteiger partial charge in [0.2, 0.25) is 17.7 Å². The van der Waals surface area contributed by atoms with Crippen LogP contribution in [0.1, 0.15) is 38.2 Å². The summed E-state index contributed by atoms with van der Waals surface area (Å²) in [5.41, 5.74) is 6.25. The van der Waals surface area contributed by atoms with Gasteiger partial charge in [0, 0.05) is 19.4 Å². The predicted molar refractivity (Wildman–Crippen MR) is 125 cm³/mol. The molecule has 2 rings (SSSR count). The van der Waals surface area contributed by atoms with Crippen molar-refractivity contribution in [1.82, 2.24) is 15.5 Å². The second-order valence-corrected chi connectivity index (χ2v) is 8.73. The van der Waals surface area contributed by atoms with Gasteiger partial charge in [0.25, 0.3) is 0 Å². The fraction of sp³-hybridized carbons (Fsp3) is 0.522. The van der Waals surface area contributed by atoms with Gasteiger partial charge in [-0.05, 0) is 43.9 Å². The number of nitrogens with zero attached hydrogens (tertiary/aromatic N) is 1. The van der Waals surface area contributed by atoms with Gasteiger partial charge in [-0.25, -0.2) is 4.79 Å². The number of aromatic hydroxyl groups is 1. The second kappa shape index (κ2) is 12.8. The van der Waals surface area contributed by atoms with Crippen LogP contribution in [0.3, 0.4) is 0 Å². The number of amides is 3. The van der Waals surface area contributed by atoms with Gasteiger partial charge in [-0.1, -0.05) is 12.1 Å². The van der Waals surface area contributed by atoms with Crippen LogP contribution in [0.2, 0.25) is 0 Å². The van der Waals surface area contributed by atoms with Crippen LogP contribution in [0, 0.1) is 0 Å². The fourth-order valence-corrected chi connectivity index (χ4v) is 3.88. The number of nitrogens with two attached hydrogens (primary N) is 1. The van der Waals surface area contributed by atoms with E-state index in [0.717, 1.165) is 0 Å². The van der Waals surface area contributed by atoms with Crippen molar-refractivity contribution in [3.05, 3.63) is 29.8 Å². The average Bonchev–Trinajstić information content (AvgIpc) is 3.31. The number of phenols is 1. The fourth-order valence-electron chi connectivity index (χ4n) is 3.88. The summed E-state index contributed by atoms with van der Waals surface area (Å²) in [6.07, 6.45) is -1.24. The van der Waals surface area contributed by atoms with E-state index >= 15 is 0 Å². The molecule has 0 saturated carbocycles. The number of aliphatic hydroxyl groups is 1. The molecule has 36 heavy (non-hydrogen) atoms. The van der Waals surface area contributed by atoms with Crippen LogP contribution in [-0.2, 0) is 30.4 Å². The van der Waals surface area contributed by atoms with Crippen molar-refractivity contribution in [2.45, 2.75) is 69.3 Å². The number of likely N-dealkylation sites (tertiary alicyclic amines) is 1. The van der Waals surface area contributed by atoms with Crippen LogP contribution in [0.4, 0.5) is 0 Å². The maximum atomic E-state index is 13.2. The van der Waals surface area contributed by atoms with Crippen molar-refractivity contribution in [2.75, 3.05) is 6.54 Å². The third-order valence-electron chi connectivity index (χ3n) is 5.88. The van der Waals surface area contributed by atoms with E-state index in [9.17, 15) is 39.3 Å². The Morgan fingerprint density at radius 3 is 2.31 bits per heavy atom. The molecular weight excluding hydrogens is 476 g/mol. The molecule has 5 unspecified atom stereocenters. The molecule has 0 bridgehead atoms. The topological polar surface area (TPSA) is 220 Å². The van der Waals surface area contributed by atoms with Crippen molar-refractivity contribution in [3.8, 4) is 5.75 Å². The molecular formula is C23H32N4O9. The summed E-state index contributed by atoms with van der Waals surface area (Å²) in [5, 5.41) is 42.6. The van der Waals surface area contributed by atoms with E-state index < -0.39 is 59.9 Å². The standard InChI is InChI=1S/C23H32N4O9/c1-12(28)19(26-20(32)15(24)8-9-18(30)31)22(34)27-10-2-3-17(27)21(33)25-16(23(35)36)11-13-4-6-14(29)7-5-13/h4-7,12,15-17,19,28-29H,2-3,8-11,24H2,1H3,(H,25,33)(H,26,32)(H,30,31)(H,35,36). The molecule has 1 heterocycles. The maximum Gasteiger partial charge on any atom is 0.326 e. The monoisotopic (exact) mass is 508 g/mol. The number of hydrogen-bond acceptors (Lipinski definition) is 8. The van der Waals surface area contributed by atoms with Gasteiger partial charge in [-0.15, -0.1) is 0 Å². The molecule has 13 nitrogen and oxygen atoms in total.